The van der Waals surface area contributed by atoms with Crippen LogP contribution in [0.1, 0.15) is 19.3 Å². The molecule has 2 heterocycles. The van der Waals surface area contributed by atoms with Crippen molar-refractivity contribution in [2.75, 3.05) is 57.6 Å². The first-order valence-electron chi connectivity index (χ1n) is 7.46. The minimum Gasteiger partial charge on any atom is -0.379 e. The highest BCUT2D eigenvalue weighted by molar-refractivity contribution is 7.89. The Kier molecular flexibility index (Phi) is 6.55. The van der Waals surface area contributed by atoms with E-state index in [0.717, 1.165) is 45.7 Å². The Morgan fingerprint density at radius 3 is 2.60 bits per heavy atom. The topological polar surface area (TPSA) is 49.9 Å². The van der Waals surface area contributed by atoms with Crippen molar-refractivity contribution in [2.24, 2.45) is 5.92 Å². The van der Waals surface area contributed by atoms with E-state index in [2.05, 4.69) is 4.90 Å². The fraction of sp³-hybridized carbons (Fsp3) is 1.00. The molecule has 7 heteroatoms. The summed E-state index contributed by atoms with van der Waals surface area (Å²) >= 11 is 5.60. The van der Waals surface area contributed by atoms with E-state index < -0.39 is 10.0 Å². The summed E-state index contributed by atoms with van der Waals surface area (Å²) in [6.45, 7) is 5.90. The molecule has 0 radical (unpaired) electrons. The fourth-order valence-electron chi connectivity index (χ4n) is 2.86. The molecule has 0 spiro atoms. The molecule has 0 saturated carbocycles. The number of hydrogen-bond donors (Lipinski definition) is 0. The van der Waals surface area contributed by atoms with Gasteiger partial charge in [0.05, 0.1) is 19.0 Å². The summed E-state index contributed by atoms with van der Waals surface area (Å²) in [7, 11) is -3.07. The van der Waals surface area contributed by atoms with Gasteiger partial charge in [0.2, 0.25) is 10.0 Å². The zero-order chi connectivity index (χ0) is 14.4. The predicted octanol–water partition coefficient (Wildman–Crippen LogP) is 0.989. The molecule has 1 atom stereocenters. The minimum atomic E-state index is -3.07. The Balaban J connectivity index is 1.76. The first-order chi connectivity index (χ1) is 9.62. The van der Waals surface area contributed by atoms with Crippen LogP contribution in [0.25, 0.3) is 0 Å². The van der Waals surface area contributed by atoms with Gasteiger partial charge in [-0.05, 0) is 25.2 Å². The van der Waals surface area contributed by atoms with Crippen LogP contribution in [0.15, 0.2) is 0 Å². The van der Waals surface area contributed by atoms with E-state index in [1.165, 1.54) is 0 Å². The molecule has 0 N–H and O–H groups in total. The smallest absolute Gasteiger partial charge is 0.214 e. The summed E-state index contributed by atoms with van der Waals surface area (Å²) in [4.78, 5) is 2.39. The summed E-state index contributed by atoms with van der Waals surface area (Å²) < 4.78 is 31.4. The average molecular weight is 325 g/mol. The lowest BCUT2D eigenvalue weighted by atomic mass is 10.1. The number of unbranched alkanes of at least 4 members (excludes halogenated alkanes) is 1. The summed E-state index contributed by atoms with van der Waals surface area (Å²) in [5, 5.41) is 0. The van der Waals surface area contributed by atoms with E-state index >= 15 is 0 Å². The van der Waals surface area contributed by atoms with Gasteiger partial charge in [0, 0.05) is 38.6 Å². The molecule has 0 aromatic carbocycles. The molecule has 0 aromatic heterocycles. The Labute approximate surface area is 127 Å². The number of hydrogen-bond acceptors (Lipinski definition) is 4. The molecule has 0 aliphatic carbocycles. The van der Waals surface area contributed by atoms with Crippen molar-refractivity contribution in [2.45, 2.75) is 19.3 Å². The van der Waals surface area contributed by atoms with Gasteiger partial charge in [-0.25, -0.2) is 12.7 Å². The summed E-state index contributed by atoms with van der Waals surface area (Å²) in [6.07, 6.45) is 2.41. The second-order valence-electron chi connectivity index (χ2n) is 5.64. The van der Waals surface area contributed by atoms with Crippen molar-refractivity contribution in [3.8, 4) is 0 Å². The van der Waals surface area contributed by atoms with Gasteiger partial charge < -0.3 is 4.74 Å². The number of morpholine rings is 1. The summed E-state index contributed by atoms with van der Waals surface area (Å²) in [5.74, 6) is 1.25. The quantitative estimate of drug-likeness (QED) is 0.517. The van der Waals surface area contributed by atoms with Gasteiger partial charge in [-0.15, -0.1) is 11.6 Å². The van der Waals surface area contributed by atoms with Crippen LogP contribution in [-0.2, 0) is 14.8 Å². The molecule has 2 rings (SSSR count). The zero-order valence-corrected chi connectivity index (χ0v) is 13.5. The van der Waals surface area contributed by atoms with E-state index in [1.54, 1.807) is 4.31 Å². The van der Waals surface area contributed by atoms with Gasteiger partial charge in [-0.2, -0.15) is 0 Å². The van der Waals surface area contributed by atoms with Crippen LogP contribution in [0.4, 0.5) is 0 Å². The molecule has 0 aromatic rings. The lowest BCUT2D eigenvalue weighted by molar-refractivity contribution is 0.0316. The molecule has 118 valence electrons. The molecule has 2 aliphatic rings. The maximum absolute atomic E-state index is 12.2. The zero-order valence-electron chi connectivity index (χ0n) is 12.0. The van der Waals surface area contributed by atoms with Gasteiger partial charge in [0.15, 0.2) is 0 Å². The van der Waals surface area contributed by atoms with Gasteiger partial charge in [-0.3, -0.25) is 4.90 Å². The van der Waals surface area contributed by atoms with Crippen molar-refractivity contribution < 1.29 is 13.2 Å². The molecule has 1 unspecified atom stereocenters. The fourth-order valence-corrected chi connectivity index (χ4v) is 4.69. The molecule has 2 fully saturated rings. The molecule has 2 saturated heterocycles. The van der Waals surface area contributed by atoms with E-state index in [-0.39, 0.29) is 5.75 Å². The third-order valence-corrected chi connectivity index (χ3v) is 6.24. The van der Waals surface area contributed by atoms with Crippen molar-refractivity contribution in [1.29, 1.82) is 0 Å². The van der Waals surface area contributed by atoms with Gasteiger partial charge in [-0.1, -0.05) is 0 Å². The van der Waals surface area contributed by atoms with Crippen LogP contribution in [-0.4, -0.2) is 75.2 Å². The van der Waals surface area contributed by atoms with Gasteiger partial charge >= 0.3 is 0 Å². The Hall–Kier alpha value is 0.120. The van der Waals surface area contributed by atoms with Crippen molar-refractivity contribution in [3.05, 3.63) is 0 Å². The Bertz CT molecular complexity index is 385. The van der Waals surface area contributed by atoms with E-state index in [1.807, 2.05) is 0 Å². The molecule has 0 amide bonds. The van der Waals surface area contributed by atoms with Crippen LogP contribution in [0.2, 0.25) is 0 Å². The minimum absolute atomic E-state index is 0.240. The molecule has 2 aliphatic heterocycles. The van der Waals surface area contributed by atoms with Crippen molar-refractivity contribution in [1.82, 2.24) is 9.21 Å². The van der Waals surface area contributed by atoms with E-state index in [0.29, 0.717) is 31.3 Å². The Morgan fingerprint density at radius 2 is 1.90 bits per heavy atom. The maximum atomic E-state index is 12.2. The van der Waals surface area contributed by atoms with Crippen molar-refractivity contribution in [3.63, 3.8) is 0 Å². The molecule has 5 nitrogen and oxygen atoms in total. The maximum Gasteiger partial charge on any atom is 0.214 e. The SMILES string of the molecule is O=S(=O)(CCCCCl)N1CCC(CN2CCOCC2)C1. The second kappa shape index (κ2) is 7.94. The second-order valence-corrected chi connectivity index (χ2v) is 8.10. The molecular formula is C13H25ClN2O3S. The molecule has 20 heavy (non-hydrogen) atoms. The molecule has 0 bridgehead atoms. The predicted molar refractivity (Wildman–Crippen MR) is 80.7 cm³/mol. The number of alkyl halides is 1. The van der Waals surface area contributed by atoms with Crippen LogP contribution >= 0.6 is 11.6 Å². The standard InChI is InChI=1S/C13H25ClN2O3S/c14-4-1-2-10-20(17,18)16-5-3-13(12-16)11-15-6-8-19-9-7-15/h13H,1-12H2. The van der Waals surface area contributed by atoms with E-state index in [9.17, 15) is 8.42 Å². The highest BCUT2D eigenvalue weighted by Gasteiger charge is 2.31. The van der Waals surface area contributed by atoms with Crippen LogP contribution in [0, 0.1) is 5.92 Å². The highest BCUT2D eigenvalue weighted by Crippen LogP contribution is 2.21. The molecular weight excluding hydrogens is 300 g/mol. The Morgan fingerprint density at radius 1 is 1.15 bits per heavy atom. The summed E-state index contributed by atoms with van der Waals surface area (Å²) in [5.41, 5.74) is 0. The van der Waals surface area contributed by atoms with E-state index in [4.69, 9.17) is 16.3 Å². The number of nitrogens with zero attached hydrogens (tertiary/aromatic N) is 2. The first-order valence-corrected chi connectivity index (χ1v) is 9.60. The normalized spacial score (nSPS) is 26.1. The van der Waals surface area contributed by atoms with Crippen molar-refractivity contribution >= 4 is 21.6 Å². The summed E-state index contributed by atoms with van der Waals surface area (Å²) in [6, 6.07) is 0. The highest BCUT2D eigenvalue weighted by atomic mass is 35.5. The average Bonchev–Trinajstić information content (AvgIpc) is 2.89. The largest absolute Gasteiger partial charge is 0.379 e. The lowest BCUT2D eigenvalue weighted by Crippen LogP contribution is -2.40. The lowest BCUT2D eigenvalue weighted by Gasteiger charge is -2.29. The van der Waals surface area contributed by atoms with Gasteiger partial charge in [0.1, 0.15) is 0 Å². The van der Waals surface area contributed by atoms with Crippen LogP contribution in [0.3, 0.4) is 0 Å². The van der Waals surface area contributed by atoms with Gasteiger partial charge in [0.25, 0.3) is 0 Å². The number of ether oxygens (including phenoxy) is 1. The third kappa shape index (κ3) is 4.84. The third-order valence-electron chi connectivity index (χ3n) is 4.05. The first kappa shape index (κ1) is 16.5. The van der Waals surface area contributed by atoms with Crippen LogP contribution < -0.4 is 0 Å². The number of sulfonamides is 1. The van der Waals surface area contributed by atoms with Crippen LogP contribution in [0.5, 0.6) is 0 Å². The monoisotopic (exact) mass is 324 g/mol. The number of rotatable bonds is 7. The number of halogens is 1.